The van der Waals surface area contributed by atoms with Crippen LogP contribution in [0.2, 0.25) is 0 Å². The van der Waals surface area contributed by atoms with Crippen LogP contribution >= 0.6 is 22.7 Å². The summed E-state index contributed by atoms with van der Waals surface area (Å²) in [5, 5.41) is 7.20. The van der Waals surface area contributed by atoms with Gasteiger partial charge in [-0.15, -0.1) is 22.7 Å². The van der Waals surface area contributed by atoms with Crippen molar-refractivity contribution in [3.8, 4) is 11.3 Å². The highest BCUT2D eigenvalue weighted by Crippen LogP contribution is 2.31. The van der Waals surface area contributed by atoms with Crippen molar-refractivity contribution in [2.24, 2.45) is 5.92 Å². The summed E-state index contributed by atoms with van der Waals surface area (Å²) >= 11 is 2.61. The van der Waals surface area contributed by atoms with E-state index < -0.39 is 10.0 Å². The monoisotopic (exact) mass is 487 g/mol. The number of thiazole rings is 1. The van der Waals surface area contributed by atoms with E-state index in [0.29, 0.717) is 28.7 Å². The Kier molecular flexibility index (Phi) is 6.16. The smallest absolute Gasteiger partial charge is 0.252 e. The lowest BCUT2D eigenvalue weighted by atomic mass is 9.90. The fourth-order valence-corrected chi connectivity index (χ4v) is 7.87. The number of fused-ring (bicyclic) bond motifs is 1. The van der Waals surface area contributed by atoms with Crippen LogP contribution in [0, 0.1) is 5.92 Å². The van der Waals surface area contributed by atoms with E-state index in [1.807, 2.05) is 5.38 Å². The Balaban J connectivity index is 1.26. The summed E-state index contributed by atoms with van der Waals surface area (Å²) in [6, 6.07) is 9.88. The van der Waals surface area contributed by atoms with Gasteiger partial charge in [0.1, 0.15) is 4.21 Å². The highest BCUT2D eigenvalue weighted by molar-refractivity contribution is 7.91. The van der Waals surface area contributed by atoms with Crippen molar-refractivity contribution in [1.82, 2.24) is 9.29 Å². The molecule has 0 spiro atoms. The van der Waals surface area contributed by atoms with Crippen molar-refractivity contribution in [3.05, 3.63) is 52.2 Å². The van der Waals surface area contributed by atoms with Crippen LogP contribution in [0.25, 0.3) is 11.3 Å². The number of benzene rings is 1. The number of nitrogens with one attached hydrogen (secondary N) is 1. The fourth-order valence-electron chi connectivity index (χ4n) is 4.48. The van der Waals surface area contributed by atoms with Gasteiger partial charge >= 0.3 is 0 Å². The third-order valence-corrected chi connectivity index (χ3v) is 10.2. The molecule has 3 heterocycles. The number of hydrogen-bond donors (Lipinski definition) is 1. The van der Waals surface area contributed by atoms with Crippen molar-refractivity contribution >= 4 is 43.7 Å². The van der Waals surface area contributed by atoms with Crippen molar-refractivity contribution in [1.29, 1.82) is 0 Å². The molecule has 2 aromatic heterocycles. The van der Waals surface area contributed by atoms with E-state index in [1.54, 1.807) is 17.5 Å². The van der Waals surface area contributed by atoms with E-state index in [9.17, 15) is 13.2 Å². The molecule has 9 heteroatoms. The van der Waals surface area contributed by atoms with Crippen LogP contribution in [0.4, 0.5) is 5.13 Å². The van der Waals surface area contributed by atoms with E-state index in [-0.39, 0.29) is 18.4 Å². The van der Waals surface area contributed by atoms with Gasteiger partial charge in [-0.25, -0.2) is 13.4 Å². The third kappa shape index (κ3) is 4.39. The number of carbonyl (C=O) groups excluding carboxylic acids is 1. The van der Waals surface area contributed by atoms with Crippen molar-refractivity contribution in [2.75, 3.05) is 18.4 Å². The number of rotatable bonds is 5. The van der Waals surface area contributed by atoms with Crippen LogP contribution in [0.1, 0.15) is 36.8 Å². The fraction of sp³-hybridized carbons (Fsp3) is 0.391. The summed E-state index contributed by atoms with van der Waals surface area (Å²) in [7, 11) is -3.54. The molecule has 1 N–H and O–H groups in total. The molecule has 0 bridgehead atoms. The van der Waals surface area contributed by atoms with Gasteiger partial charge in [0.05, 0.1) is 11.6 Å². The first-order valence-electron chi connectivity index (χ1n) is 10.9. The van der Waals surface area contributed by atoms with Gasteiger partial charge in [-0.1, -0.05) is 18.2 Å². The van der Waals surface area contributed by atoms with Gasteiger partial charge in [0.15, 0.2) is 5.13 Å². The number of thiophene rings is 1. The summed E-state index contributed by atoms with van der Waals surface area (Å²) in [6.07, 6.45) is 6.09. The molecule has 6 nitrogen and oxygen atoms in total. The Hall–Kier alpha value is -2.07. The number of amides is 1. The first kappa shape index (κ1) is 21.8. The second-order valence-electron chi connectivity index (χ2n) is 8.35. The van der Waals surface area contributed by atoms with Crippen LogP contribution in [0.5, 0.6) is 0 Å². The summed E-state index contributed by atoms with van der Waals surface area (Å²) in [4.78, 5) is 17.5. The van der Waals surface area contributed by atoms with E-state index >= 15 is 0 Å². The summed E-state index contributed by atoms with van der Waals surface area (Å²) in [5.74, 6) is -0.544. The number of aryl methyl sites for hydroxylation is 2. The number of anilines is 1. The maximum atomic E-state index is 12.9. The van der Waals surface area contributed by atoms with Gasteiger partial charge in [-0.2, -0.15) is 4.31 Å². The van der Waals surface area contributed by atoms with Crippen molar-refractivity contribution < 1.29 is 13.2 Å². The molecule has 0 saturated carbocycles. The van der Waals surface area contributed by atoms with Crippen LogP contribution in [-0.2, 0) is 27.7 Å². The normalized spacial score (nSPS) is 19.4. The minimum atomic E-state index is -3.54. The van der Waals surface area contributed by atoms with Crippen LogP contribution in [-0.4, -0.2) is 36.7 Å². The zero-order valence-electron chi connectivity index (χ0n) is 17.6. The number of piperidine rings is 1. The number of hydrogen-bond acceptors (Lipinski definition) is 6. The molecule has 1 atom stereocenters. The molecule has 5 rings (SSSR count). The molecule has 2 aliphatic rings. The Morgan fingerprint density at radius 1 is 1.09 bits per heavy atom. The highest BCUT2D eigenvalue weighted by Gasteiger charge is 2.34. The number of carbonyl (C=O) groups is 1. The van der Waals surface area contributed by atoms with Gasteiger partial charge in [0, 0.05) is 24.0 Å². The Bertz CT molecular complexity index is 1220. The molecule has 32 heavy (non-hydrogen) atoms. The van der Waals surface area contributed by atoms with Crippen LogP contribution in [0.3, 0.4) is 0 Å². The van der Waals surface area contributed by atoms with Crippen molar-refractivity contribution in [2.45, 2.75) is 42.7 Å². The quantitative estimate of drug-likeness (QED) is 0.561. The van der Waals surface area contributed by atoms with E-state index in [0.717, 1.165) is 24.1 Å². The molecule has 0 radical (unpaired) electrons. The molecule has 1 fully saturated rings. The van der Waals surface area contributed by atoms with E-state index in [4.69, 9.17) is 0 Å². The minimum absolute atomic E-state index is 0.164. The average molecular weight is 488 g/mol. The van der Waals surface area contributed by atoms with Gasteiger partial charge in [0.25, 0.3) is 10.0 Å². The average Bonchev–Trinajstić information content (AvgIpc) is 3.52. The number of aromatic nitrogens is 1. The Morgan fingerprint density at radius 3 is 2.75 bits per heavy atom. The van der Waals surface area contributed by atoms with Crippen LogP contribution < -0.4 is 5.32 Å². The minimum Gasteiger partial charge on any atom is -0.302 e. The molecule has 1 unspecified atom stereocenters. The van der Waals surface area contributed by atoms with E-state index in [1.165, 1.54) is 50.9 Å². The zero-order chi connectivity index (χ0) is 22.1. The summed E-state index contributed by atoms with van der Waals surface area (Å²) in [5.41, 5.74) is 4.78. The van der Waals surface area contributed by atoms with Gasteiger partial charge in [-0.05, 0) is 67.2 Å². The predicted molar refractivity (Wildman–Crippen MR) is 129 cm³/mol. The maximum absolute atomic E-state index is 12.9. The maximum Gasteiger partial charge on any atom is 0.252 e. The zero-order valence-corrected chi connectivity index (χ0v) is 20.1. The molecule has 168 valence electrons. The van der Waals surface area contributed by atoms with Gasteiger partial charge in [-0.3, -0.25) is 4.79 Å². The van der Waals surface area contributed by atoms with E-state index in [2.05, 4.69) is 28.5 Å². The standard InChI is InChI=1S/C23H25N3O3S3/c27-22(19-7-3-11-26(14-19)32(28,29)21-8-4-12-30-21)25-23-24-20(15-31-23)18-10-9-16-5-1-2-6-17(16)13-18/h4,8-10,12-13,15,19H,1-3,5-7,11,14H2,(H,24,25,27). The lowest BCUT2D eigenvalue weighted by Gasteiger charge is -2.30. The molecule has 3 aromatic rings. The lowest BCUT2D eigenvalue weighted by Crippen LogP contribution is -2.43. The second-order valence-corrected chi connectivity index (χ2v) is 12.3. The molecular weight excluding hydrogens is 462 g/mol. The van der Waals surface area contributed by atoms with Crippen molar-refractivity contribution in [3.63, 3.8) is 0 Å². The molecule has 1 amide bonds. The van der Waals surface area contributed by atoms with Gasteiger partial charge < -0.3 is 5.32 Å². The SMILES string of the molecule is O=C(Nc1nc(-c2ccc3c(c2)CCCC3)cs1)C1CCCN(S(=O)(=O)c2cccs2)C1. The lowest BCUT2D eigenvalue weighted by molar-refractivity contribution is -0.120. The number of nitrogens with zero attached hydrogens (tertiary/aromatic N) is 2. The Labute approximate surface area is 196 Å². The highest BCUT2D eigenvalue weighted by atomic mass is 32.2. The summed E-state index contributed by atoms with van der Waals surface area (Å²) < 4.78 is 27.4. The number of sulfonamides is 1. The van der Waals surface area contributed by atoms with Gasteiger partial charge in [0.2, 0.25) is 5.91 Å². The molecule has 1 saturated heterocycles. The third-order valence-electron chi connectivity index (χ3n) is 6.22. The topological polar surface area (TPSA) is 79.4 Å². The second kappa shape index (κ2) is 9.05. The first-order valence-corrected chi connectivity index (χ1v) is 14.1. The molecule has 1 aliphatic heterocycles. The molecule has 1 aromatic carbocycles. The predicted octanol–water partition coefficient (Wildman–Crippen LogP) is 4.79. The summed E-state index contributed by atoms with van der Waals surface area (Å²) in [6.45, 7) is 0.652. The molecule has 1 aliphatic carbocycles. The largest absolute Gasteiger partial charge is 0.302 e. The van der Waals surface area contributed by atoms with Crippen LogP contribution in [0.15, 0.2) is 45.3 Å². The Morgan fingerprint density at radius 2 is 1.94 bits per heavy atom. The first-order chi connectivity index (χ1) is 15.5. The molecular formula is C23H25N3O3S3.